The van der Waals surface area contributed by atoms with Crippen molar-refractivity contribution in [3.8, 4) is 5.88 Å². The minimum Gasteiger partial charge on any atom is -0.478 e. The predicted octanol–water partition coefficient (Wildman–Crippen LogP) is 4.03. The van der Waals surface area contributed by atoms with E-state index in [1.807, 2.05) is 6.07 Å². The monoisotopic (exact) mass is 285 g/mol. The van der Waals surface area contributed by atoms with Gasteiger partial charge in [-0.1, -0.05) is 18.9 Å². The zero-order valence-corrected chi connectivity index (χ0v) is 11.9. The molecule has 0 spiro atoms. The number of benzene rings is 1. The van der Waals surface area contributed by atoms with E-state index in [-0.39, 0.29) is 11.7 Å². The normalized spacial score (nSPS) is 16.6. The zero-order valence-electron chi connectivity index (χ0n) is 11.9. The molecule has 0 atom stereocenters. The highest BCUT2D eigenvalue weighted by Gasteiger charge is 2.15. The van der Waals surface area contributed by atoms with E-state index in [1.165, 1.54) is 25.7 Å². The quantitative estimate of drug-likeness (QED) is 0.865. The van der Waals surface area contributed by atoms with Crippen LogP contribution in [0.2, 0.25) is 0 Å². The Labute approximate surface area is 123 Å². The van der Waals surface area contributed by atoms with Gasteiger partial charge in [-0.2, -0.15) is 0 Å². The summed E-state index contributed by atoms with van der Waals surface area (Å²) in [7, 11) is 0. The Kier molecular flexibility index (Phi) is 4.04. The third-order valence-electron chi connectivity index (χ3n) is 4.03. The third kappa shape index (κ3) is 3.15. The molecule has 0 unspecified atom stereocenters. The van der Waals surface area contributed by atoms with Gasteiger partial charge in [-0.25, -0.2) is 9.78 Å². The SMILES string of the molecule is O=C(O)c1cccc2nc(OC3CCCCCC3)ccc12. The number of rotatable bonds is 3. The average Bonchev–Trinajstić information content (AvgIpc) is 2.75. The Bertz CT molecular complexity index is 646. The summed E-state index contributed by atoms with van der Waals surface area (Å²) in [5.74, 6) is -0.336. The molecule has 110 valence electrons. The lowest BCUT2D eigenvalue weighted by atomic mass is 10.1. The molecule has 4 heteroatoms. The molecule has 1 saturated carbocycles. The fraction of sp³-hybridized carbons (Fsp3) is 0.412. The minimum absolute atomic E-state index is 0.236. The van der Waals surface area contributed by atoms with Crippen molar-refractivity contribution in [2.75, 3.05) is 0 Å². The number of ether oxygens (including phenoxy) is 1. The number of hydrogen-bond acceptors (Lipinski definition) is 3. The summed E-state index contributed by atoms with van der Waals surface area (Å²) in [6, 6.07) is 8.70. The predicted molar refractivity (Wildman–Crippen MR) is 80.8 cm³/mol. The van der Waals surface area contributed by atoms with E-state index in [0.717, 1.165) is 12.8 Å². The van der Waals surface area contributed by atoms with Gasteiger partial charge >= 0.3 is 5.97 Å². The Balaban J connectivity index is 1.85. The Morgan fingerprint density at radius 2 is 1.86 bits per heavy atom. The minimum atomic E-state index is -0.931. The number of fused-ring (bicyclic) bond motifs is 1. The first-order chi connectivity index (χ1) is 10.2. The van der Waals surface area contributed by atoms with Crippen LogP contribution in [0.1, 0.15) is 48.9 Å². The first-order valence-corrected chi connectivity index (χ1v) is 7.54. The van der Waals surface area contributed by atoms with Gasteiger partial charge in [-0.15, -0.1) is 0 Å². The van der Waals surface area contributed by atoms with Crippen LogP contribution >= 0.6 is 0 Å². The highest BCUT2D eigenvalue weighted by atomic mass is 16.5. The lowest BCUT2D eigenvalue weighted by Gasteiger charge is -2.16. The fourth-order valence-corrected chi connectivity index (χ4v) is 2.92. The van der Waals surface area contributed by atoms with Gasteiger partial charge in [-0.3, -0.25) is 0 Å². The van der Waals surface area contributed by atoms with E-state index >= 15 is 0 Å². The molecule has 0 radical (unpaired) electrons. The van der Waals surface area contributed by atoms with Crippen LogP contribution in [-0.4, -0.2) is 22.2 Å². The summed E-state index contributed by atoms with van der Waals surface area (Å²) in [5, 5.41) is 9.84. The van der Waals surface area contributed by atoms with Crippen LogP contribution in [0.5, 0.6) is 5.88 Å². The number of nitrogens with zero attached hydrogens (tertiary/aromatic N) is 1. The number of hydrogen-bond donors (Lipinski definition) is 1. The average molecular weight is 285 g/mol. The van der Waals surface area contributed by atoms with Crippen LogP contribution in [-0.2, 0) is 0 Å². The maximum Gasteiger partial charge on any atom is 0.336 e. The van der Waals surface area contributed by atoms with Crippen LogP contribution in [0.4, 0.5) is 0 Å². The van der Waals surface area contributed by atoms with Crippen molar-refractivity contribution in [2.24, 2.45) is 0 Å². The van der Waals surface area contributed by atoms with Crippen molar-refractivity contribution in [1.29, 1.82) is 0 Å². The number of pyridine rings is 1. The highest BCUT2D eigenvalue weighted by molar-refractivity contribution is 6.02. The molecule has 0 aliphatic heterocycles. The molecule has 0 saturated heterocycles. The summed E-state index contributed by atoms with van der Waals surface area (Å²) in [4.78, 5) is 15.7. The van der Waals surface area contributed by atoms with Gasteiger partial charge in [0.1, 0.15) is 6.10 Å². The summed E-state index contributed by atoms with van der Waals surface area (Å²) in [5.41, 5.74) is 0.946. The van der Waals surface area contributed by atoms with Crippen LogP contribution in [0.25, 0.3) is 10.9 Å². The molecule has 1 N–H and O–H groups in total. The van der Waals surface area contributed by atoms with E-state index < -0.39 is 5.97 Å². The van der Waals surface area contributed by atoms with Crippen molar-refractivity contribution in [2.45, 2.75) is 44.6 Å². The molecule has 1 aliphatic carbocycles. The van der Waals surface area contributed by atoms with Crippen molar-refractivity contribution in [3.63, 3.8) is 0 Å². The Morgan fingerprint density at radius 3 is 2.57 bits per heavy atom. The standard InChI is InChI=1S/C17H19NO3/c19-17(20)14-8-5-9-15-13(14)10-11-16(18-15)21-12-6-3-1-2-4-7-12/h5,8-12H,1-4,6-7H2,(H,19,20). The van der Waals surface area contributed by atoms with Crippen LogP contribution in [0.3, 0.4) is 0 Å². The summed E-state index contributed by atoms with van der Waals surface area (Å²) in [6.07, 6.45) is 7.38. The van der Waals surface area contributed by atoms with Crippen LogP contribution < -0.4 is 4.74 Å². The maximum atomic E-state index is 11.2. The number of aromatic nitrogens is 1. The summed E-state index contributed by atoms with van der Waals surface area (Å²) >= 11 is 0. The number of carboxylic acid groups (broad SMARTS) is 1. The second kappa shape index (κ2) is 6.12. The number of carbonyl (C=O) groups is 1. The van der Waals surface area contributed by atoms with E-state index in [2.05, 4.69) is 4.98 Å². The van der Waals surface area contributed by atoms with Gasteiger partial charge in [0.2, 0.25) is 5.88 Å². The van der Waals surface area contributed by atoms with Crippen molar-refractivity contribution >= 4 is 16.9 Å². The largest absolute Gasteiger partial charge is 0.478 e. The molecule has 0 amide bonds. The van der Waals surface area contributed by atoms with Gasteiger partial charge in [0.15, 0.2) is 0 Å². The molecule has 0 bridgehead atoms. The summed E-state index contributed by atoms with van der Waals surface area (Å²) in [6.45, 7) is 0. The third-order valence-corrected chi connectivity index (χ3v) is 4.03. The molecule has 21 heavy (non-hydrogen) atoms. The van der Waals surface area contributed by atoms with Gasteiger partial charge in [0, 0.05) is 11.5 Å². The van der Waals surface area contributed by atoms with E-state index in [0.29, 0.717) is 16.8 Å². The van der Waals surface area contributed by atoms with Gasteiger partial charge in [0.05, 0.1) is 11.1 Å². The fourth-order valence-electron chi connectivity index (χ4n) is 2.92. The smallest absolute Gasteiger partial charge is 0.336 e. The molecule has 1 fully saturated rings. The Hall–Kier alpha value is -2.10. The zero-order chi connectivity index (χ0) is 14.7. The van der Waals surface area contributed by atoms with Crippen LogP contribution in [0.15, 0.2) is 30.3 Å². The van der Waals surface area contributed by atoms with Crippen molar-refractivity contribution < 1.29 is 14.6 Å². The molecular weight excluding hydrogens is 266 g/mol. The molecule has 1 heterocycles. The van der Waals surface area contributed by atoms with Crippen LogP contribution in [0, 0.1) is 0 Å². The molecule has 2 aromatic rings. The first-order valence-electron chi connectivity index (χ1n) is 7.54. The second-order valence-electron chi connectivity index (χ2n) is 5.56. The van der Waals surface area contributed by atoms with E-state index in [4.69, 9.17) is 4.74 Å². The molecule has 1 aromatic heterocycles. The van der Waals surface area contributed by atoms with E-state index in [9.17, 15) is 9.90 Å². The van der Waals surface area contributed by atoms with Crippen molar-refractivity contribution in [1.82, 2.24) is 4.98 Å². The van der Waals surface area contributed by atoms with Crippen molar-refractivity contribution in [3.05, 3.63) is 35.9 Å². The molecule has 1 aliphatic rings. The van der Waals surface area contributed by atoms with Gasteiger partial charge in [-0.05, 0) is 43.9 Å². The highest BCUT2D eigenvalue weighted by Crippen LogP contribution is 2.24. The maximum absolute atomic E-state index is 11.2. The topological polar surface area (TPSA) is 59.4 Å². The lowest BCUT2D eigenvalue weighted by Crippen LogP contribution is -2.15. The Morgan fingerprint density at radius 1 is 1.10 bits per heavy atom. The molecule has 3 rings (SSSR count). The lowest BCUT2D eigenvalue weighted by molar-refractivity contribution is 0.0699. The van der Waals surface area contributed by atoms with Gasteiger partial charge < -0.3 is 9.84 Å². The van der Waals surface area contributed by atoms with Gasteiger partial charge in [0.25, 0.3) is 0 Å². The first kappa shape index (κ1) is 13.9. The summed E-state index contributed by atoms with van der Waals surface area (Å²) < 4.78 is 5.99. The molecular formula is C17H19NO3. The number of aromatic carboxylic acids is 1. The van der Waals surface area contributed by atoms with E-state index in [1.54, 1.807) is 24.3 Å². The molecule has 1 aromatic carbocycles. The second-order valence-corrected chi connectivity index (χ2v) is 5.56. The molecule has 4 nitrogen and oxygen atoms in total. The number of carboxylic acids is 1.